The molecule has 4 N–H and O–H groups in total. The van der Waals surface area contributed by atoms with E-state index in [0.717, 1.165) is 40.3 Å². The van der Waals surface area contributed by atoms with Gasteiger partial charge in [0, 0.05) is 35.8 Å². The number of ketones is 1. The molecule has 1 aromatic carbocycles. The fourth-order valence-electron chi connectivity index (χ4n) is 4.42. The molecule has 2 aliphatic rings. The minimum Gasteiger partial charge on any atom is -0.365 e. The zero-order valence-corrected chi connectivity index (χ0v) is 19.3. The largest absolute Gasteiger partial charge is 0.365 e. The summed E-state index contributed by atoms with van der Waals surface area (Å²) in [6, 6.07) is 13.7. The smallest absolute Gasteiger partial charge is 0.256 e. The summed E-state index contributed by atoms with van der Waals surface area (Å²) < 4.78 is 0. The number of thioether (sulfide) groups is 1. The predicted molar refractivity (Wildman–Crippen MR) is 132 cm³/mol. The third kappa shape index (κ3) is 4.14. The van der Waals surface area contributed by atoms with Crippen molar-refractivity contribution in [1.29, 1.82) is 0 Å². The lowest BCUT2D eigenvalue weighted by atomic mass is 9.76. The third-order valence-electron chi connectivity index (χ3n) is 5.90. The number of Topliss-reactive ketones (excluding diaryl/α,β-unsaturated/α-hetero) is 1. The van der Waals surface area contributed by atoms with E-state index in [0.29, 0.717) is 23.0 Å². The maximum absolute atomic E-state index is 13.2. The summed E-state index contributed by atoms with van der Waals surface area (Å²) in [6.07, 6.45) is 4.77. The molecule has 0 radical (unpaired) electrons. The van der Waals surface area contributed by atoms with E-state index >= 15 is 0 Å². The molecule has 1 amide bonds. The number of carbonyl (C=O) groups is 2. The zero-order chi connectivity index (χ0) is 23.2. The number of hydrogen-bond acceptors (Lipinski definition) is 6. The molecule has 0 saturated carbocycles. The van der Waals surface area contributed by atoms with Crippen molar-refractivity contribution in [3.8, 4) is 11.3 Å². The zero-order valence-electron chi connectivity index (χ0n) is 18.5. The second-order valence-corrected chi connectivity index (χ2v) is 10.2. The van der Waals surface area contributed by atoms with Gasteiger partial charge in [-0.1, -0.05) is 43.8 Å². The molecule has 8 heteroatoms. The Morgan fingerprint density at radius 1 is 1.21 bits per heavy atom. The van der Waals surface area contributed by atoms with Gasteiger partial charge < -0.3 is 20.9 Å². The number of amides is 1. The second kappa shape index (κ2) is 8.12. The number of fused-ring (bicyclic) bond motifs is 1. The molecule has 7 nitrogen and oxygen atoms in total. The lowest BCUT2D eigenvalue weighted by Gasteiger charge is -2.28. The first-order chi connectivity index (χ1) is 15.8. The number of rotatable bonds is 5. The fourth-order valence-corrected chi connectivity index (χ4v) is 5.25. The molecule has 168 valence electrons. The molecule has 0 atom stereocenters. The van der Waals surface area contributed by atoms with Gasteiger partial charge in [-0.25, -0.2) is 4.98 Å². The van der Waals surface area contributed by atoms with Crippen LogP contribution in [-0.2, 0) is 11.2 Å². The topological polar surface area (TPSA) is 104 Å². The quantitative estimate of drug-likeness (QED) is 0.506. The number of nitrogens with one attached hydrogen (secondary N) is 2. The molecule has 0 bridgehead atoms. The predicted octanol–water partition coefficient (Wildman–Crippen LogP) is 4.81. The van der Waals surface area contributed by atoms with E-state index in [1.807, 2.05) is 47.4 Å². The minimum atomic E-state index is -0.439. The van der Waals surface area contributed by atoms with Gasteiger partial charge >= 0.3 is 0 Å². The number of hydrogen-bond donors (Lipinski definition) is 3. The average molecular weight is 460 g/mol. The van der Waals surface area contributed by atoms with Crippen LogP contribution in [0, 0.1) is 5.41 Å². The highest BCUT2D eigenvalue weighted by molar-refractivity contribution is 8.04. The first-order valence-electron chi connectivity index (χ1n) is 10.8. The first-order valence-corrected chi connectivity index (χ1v) is 11.8. The van der Waals surface area contributed by atoms with Crippen molar-refractivity contribution in [2.45, 2.75) is 26.7 Å². The highest BCUT2D eigenvalue weighted by Crippen LogP contribution is 2.43. The van der Waals surface area contributed by atoms with Crippen molar-refractivity contribution < 1.29 is 9.59 Å². The number of para-hydroxylation sites is 1. The summed E-state index contributed by atoms with van der Waals surface area (Å²) in [6.45, 7) is 4.24. The molecule has 3 aromatic rings. The highest BCUT2D eigenvalue weighted by atomic mass is 32.2. The van der Waals surface area contributed by atoms with Crippen molar-refractivity contribution in [2.24, 2.45) is 11.1 Å². The molecule has 33 heavy (non-hydrogen) atoms. The van der Waals surface area contributed by atoms with Gasteiger partial charge in [0.2, 0.25) is 0 Å². The van der Waals surface area contributed by atoms with Gasteiger partial charge in [-0.15, -0.1) is 0 Å². The monoisotopic (exact) mass is 459 g/mol. The van der Waals surface area contributed by atoms with Gasteiger partial charge in [-0.2, -0.15) is 0 Å². The van der Waals surface area contributed by atoms with Crippen LogP contribution in [0.15, 0.2) is 59.8 Å². The van der Waals surface area contributed by atoms with Crippen LogP contribution in [0.3, 0.4) is 0 Å². The molecular weight excluding hydrogens is 434 g/mol. The molecule has 2 aromatic heterocycles. The summed E-state index contributed by atoms with van der Waals surface area (Å²) in [4.78, 5) is 35.2. The summed E-state index contributed by atoms with van der Waals surface area (Å²) in [5, 5.41) is 3.48. The SMILES string of the molecule is CC1(C)CC(=O)c2c([nH]c(-c3ccnc(N4C=C(C(N)=O)SC4)c3)c2Nc2ccccc2)C1. The lowest BCUT2D eigenvalue weighted by molar-refractivity contribution is -0.113. The van der Waals surface area contributed by atoms with Crippen LogP contribution in [-0.4, -0.2) is 27.5 Å². The molecule has 5 rings (SSSR count). The molecule has 1 aliphatic heterocycles. The highest BCUT2D eigenvalue weighted by Gasteiger charge is 2.36. The van der Waals surface area contributed by atoms with E-state index in [2.05, 4.69) is 29.1 Å². The number of anilines is 3. The van der Waals surface area contributed by atoms with E-state index in [4.69, 9.17) is 5.73 Å². The van der Waals surface area contributed by atoms with Crippen LogP contribution < -0.4 is 16.0 Å². The Balaban J connectivity index is 1.60. The summed E-state index contributed by atoms with van der Waals surface area (Å²) in [5.41, 5.74) is 10.5. The fraction of sp³-hybridized carbons (Fsp3) is 0.240. The third-order valence-corrected chi connectivity index (χ3v) is 6.92. The summed E-state index contributed by atoms with van der Waals surface area (Å²) in [5.74, 6) is 0.978. The summed E-state index contributed by atoms with van der Waals surface area (Å²) in [7, 11) is 0. The molecule has 0 fully saturated rings. The molecule has 0 saturated heterocycles. The maximum Gasteiger partial charge on any atom is 0.256 e. The van der Waals surface area contributed by atoms with Gasteiger partial charge in [-0.05, 0) is 36.1 Å². The molecule has 0 unspecified atom stereocenters. The van der Waals surface area contributed by atoms with Crippen LogP contribution in [0.2, 0.25) is 0 Å². The van der Waals surface area contributed by atoms with Crippen molar-refractivity contribution in [2.75, 3.05) is 16.1 Å². The molecule has 0 spiro atoms. The van der Waals surface area contributed by atoms with Crippen molar-refractivity contribution >= 4 is 40.6 Å². The second-order valence-electron chi connectivity index (χ2n) is 9.16. The maximum atomic E-state index is 13.2. The Kier molecular flexibility index (Phi) is 5.25. The van der Waals surface area contributed by atoms with Gasteiger partial charge in [0.1, 0.15) is 5.82 Å². The Morgan fingerprint density at radius 2 is 2.00 bits per heavy atom. The number of aromatic nitrogens is 2. The normalized spacial score (nSPS) is 17.0. The van der Waals surface area contributed by atoms with E-state index in [1.54, 1.807) is 12.4 Å². The standard InChI is InChI=1S/C25H25N5O2S/c1-25(2)11-17-21(18(31)12-25)23(28-16-6-4-3-5-7-16)22(29-17)15-8-9-27-20(10-15)30-13-19(24(26)32)33-14-30/h3-10,13,28-29H,11-12,14H2,1-2H3,(H2,26,32). The summed E-state index contributed by atoms with van der Waals surface area (Å²) >= 11 is 1.39. The van der Waals surface area contributed by atoms with Gasteiger partial charge in [0.25, 0.3) is 5.91 Å². The Hall–Kier alpha value is -3.52. The number of pyridine rings is 1. The number of carbonyl (C=O) groups excluding carboxylic acids is 2. The van der Waals surface area contributed by atoms with E-state index in [1.165, 1.54) is 11.8 Å². The molecule has 1 aliphatic carbocycles. The Morgan fingerprint density at radius 3 is 2.73 bits per heavy atom. The lowest BCUT2D eigenvalue weighted by Crippen LogP contribution is -2.26. The molecule has 3 heterocycles. The van der Waals surface area contributed by atoms with Crippen LogP contribution in [0.25, 0.3) is 11.3 Å². The van der Waals surface area contributed by atoms with Gasteiger partial charge in [0.15, 0.2) is 5.78 Å². The van der Waals surface area contributed by atoms with Gasteiger partial charge in [-0.3, -0.25) is 9.59 Å². The number of benzene rings is 1. The van der Waals surface area contributed by atoms with Crippen molar-refractivity contribution in [3.05, 3.63) is 71.0 Å². The number of primary amides is 1. The number of aromatic amines is 1. The van der Waals surface area contributed by atoms with Crippen LogP contribution in [0.4, 0.5) is 17.2 Å². The number of nitrogens with two attached hydrogens (primary N) is 1. The van der Waals surface area contributed by atoms with Gasteiger partial charge in [0.05, 0.1) is 27.7 Å². The number of H-pyrrole nitrogens is 1. The van der Waals surface area contributed by atoms with E-state index in [-0.39, 0.29) is 11.2 Å². The van der Waals surface area contributed by atoms with E-state index < -0.39 is 5.91 Å². The minimum absolute atomic E-state index is 0.0949. The van der Waals surface area contributed by atoms with Crippen LogP contribution >= 0.6 is 11.8 Å². The number of nitrogens with zero attached hydrogens (tertiary/aromatic N) is 2. The Labute approximate surface area is 196 Å². The van der Waals surface area contributed by atoms with E-state index in [9.17, 15) is 9.59 Å². The van der Waals surface area contributed by atoms with Crippen molar-refractivity contribution in [1.82, 2.24) is 9.97 Å². The van der Waals surface area contributed by atoms with Crippen LogP contribution in [0.5, 0.6) is 0 Å². The molecular formula is C25H25N5O2S. The average Bonchev–Trinajstić information content (AvgIpc) is 3.40. The van der Waals surface area contributed by atoms with Crippen LogP contribution in [0.1, 0.15) is 36.3 Å². The van der Waals surface area contributed by atoms with Crippen molar-refractivity contribution in [3.63, 3.8) is 0 Å². The Bertz CT molecular complexity index is 1280. The first kappa shape index (κ1) is 21.3.